The molecule has 5 nitrogen and oxygen atoms in total. The molecule has 0 aromatic carbocycles. The van der Waals surface area contributed by atoms with Crippen LogP contribution in [0.2, 0.25) is 0 Å². The summed E-state index contributed by atoms with van der Waals surface area (Å²) in [5.74, 6) is 0.0519. The van der Waals surface area contributed by atoms with Gasteiger partial charge in [-0.15, -0.1) is 0 Å². The highest BCUT2D eigenvalue weighted by Crippen LogP contribution is 2.19. The molecule has 1 rings (SSSR count). The van der Waals surface area contributed by atoms with Gasteiger partial charge in [0.15, 0.2) is 0 Å². The Morgan fingerprint density at radius 3 is 3.00 bits per heavy atom. The van der Waals surface area contributed by atoms with E-state index in [-0.39, 0.29) is 5.91 Å². The third-order valence-corrected chi connectivity index (χ3v) is 2.79. The summed E-state index contributed by atoms with van der Waals surface area (Å²) in [7, 11) is 1.63. The molecule has 0 spiro atoms. The molecule has 1 aliphatic rings. The largest absolute Gasteiger partial charge is 0.388 e. The van der Waals surface area contributed by atoms with Crippen LogP contribution in [-0.4, -0.2) is 61.4 Å². The molecule has 16 heavy (non-hydrogen) atoms. The van der Waals surface area contributed by atoms with Crippen LogP contribution in [0.1, 0.15) is 19.8 Å². The van der Waals surface area contributed by atoms with Crippen LogP contribution in [0.15, 0.2) is 0 Å². The van der Waals surface area contributed by atoms with E-state index in [9.17, 15) is 9.90 Å². The second kappa shape index (κ2) is 6.18. The normalized spacial score (nSPS) is 25.8. The van der Waals surface area contributed by atoms with Crippen molar-refractivity contribution < 1.29 is 14.6 Å². The van der Waals surface area contributed by atoms with E-state index in [0.29, 0.717) is 26.2 Å². The fourth-order valence-electron chi connectivity index (χ4n) is 1.91. The fraction of sp³-hybridized carbons (Fsp3) is 0.909. The summed E-state index contributed by atoms with van der Waals surface area (Å²) < 4.78 is 4.87. The van der Waals surface area contributed by atoms with E-state index in [1.807, 2.05) is 0 Å². The van der Waals surface area contributed by atoms with Crippen molar-refractivity contribution in [3.8, 4) is 0 Å². The van der Waals surface area contributed by atoms with Crippen molar-refractivity contribution in [1.29, 1.82) is 0 Å². The van der Waals surface area contributed by atoms with E-state index in [4.69, 9.17) is 4.74 Å². The van der Waals surface area contributed by atoms with Crippen molar-refractivity contribution in [2.45, 2.75) is 25.4 Å². The topological polar surface area (TPSA) is 61.8 Å². The summed E-state index contributed by atoms with van der Waals surface area (Å²) in [5, 5.41) is 12.9. The molecule has 94 valence electrons. The Morgan fingerprint density at radius 1 is 1.62 bits per heavy atom. The molecule has 0 aliphatic carbocycles. The van der Waals surface area contributed by atoms with Gasteiger partial charge in [0.1, 0.15) is 0 Å². The maximum absolute atomic E-state index is 11.8. The molecular weight excluding hydrogens is 208 g/mol. The lowest BCUT2D eigenvalue weighted by atomic mass is 9.95. The van der Waals surface area contributed by atoms with Crippen molar-refractivity contribution >= 4 is 5.91 Å². The number of hydrogen-bond acceptors (Lipinski definition) is 4. The van der Waals surface area contributed by atoms with E-state index in [0.717, 1.165) is 19.4 Å². The Morgan fingerprint density at radius 2 is 2.38 bits per heavy atom. The average Bonchev–Trinajstić information content (AvgIpc) is 2.22. The quantitative estimate of drug-likeness (QED) is 0.631. The molecule has 2 N–H and O–H groups in total. The molecule has 0 aromatic heterocycles. The van der Waals surface area contributed by atoms with Crippen molar-refractivity contribution in [3.63, 3.8) is 0 Å². The van der Waals surface area contributed by atoms with Gasteiger partial charge >= 0.3 is 0 Å². The second-order valence-corrected chi connectivity index (χ2v) is 4.59. The molecule has 1 amide bonds. The molecule has 1 saturated heterocycles. The molecular formula is C11H22N2O3. The van der Waals surface area contributed by atoms with Crippen molar-refractivity contribution in [2.75, 3.05) is 39.9 Å². The zero-order valence-electron chi connectivity index (χ0n) is 10.2. The van der Waals surface area contributed by atoms with E-state index < -0.39 is 5.60 Å². The summed E-state index contributed by atoms with van der Waals surface area (Å²) in [6.07, 6.45) is 1.64. The first-order valence-corrected chi connectivity index (χ1v) is 5.75. The zero-order chi connectivity index (χ0) is 12.0. The molecule has 1 aliphatic heterocycles. The Hall–Kier alpha value is -0.650. The third kappa shape index (κ3) is 4.47. The molecule has 0 saturated carbocycles. The SMILES string of the molecule is COCCNCC(=O)N1CCCC(C)(O)C1. The van der Waals surface area contributed by atoms with E-state index in [2.05, 4.69) is 5.32 Å². The minimum Gasteiger partial charge on any atom is -0.388 e. The Labute approximate surface area is 96.8 Å². The van der Waals surface area contributed by atoms with Crippen LogP contribution in [-0.2, 0) is 9.53 Å². The summed E-state index contributed by atoms with van der Waals surface area (Å²) in [5.41, 5.74) is -0.722. The van der Waals surface area contributed by atoms with Crippen molar-refractivity contribution in [3.05, 3.63) is 0 Å². The van der Waals surface area contributed by atoms with Crippen LogP contribution in [0, 0.1) is 0 Å². The predicted octanol–water partition coefficient (Wildman–Crippen LogP) is -0.404. The lowest BCUT2D eigenvalue weighted by Gasteiger charge is -2.36. The number of ether oxygens (including phenoxy) is 1. The van der Waals surface area contributed by atoms with Crippen LogP contribution in [0.3, 0.4) is 0 Å². The molecule has 0 bridgehead atoms. The number of hydrogen-bond donors (Lipinski definition) is 2. The summed E-state index contributed by atoms with van der Waals surface area (Å²) in [6, 6.07) is 0. The van der Waals surface area contributed by atoms with Gasteiger partial charge in [-0.1, -0.05) is 0 Å². The number of carbonyl (C=O) groups is 1. The smallest absolute Gasteiger partial charge is 0.236 e. The Bertz CT molecular complexity index is 231. The molecule has 5 heteroatoms. The second-order valence-electron chi connectivity index (χ2n) is 4.59. The monoisotopic (exact) mass is 230 g/mol. The highest BCUT2D eigenvalue weighted by Gasteiger charge is 2.30. The molecule has 1 unspecified atom stereocenters. The van der Waals surface area contributed by atoms with Crippen molar-refractivity contribution in [1.82, 2.24) is 10.2 Å². The number of piperidine rings is 1. The fourth-order valence-corrected chi connectivity index (χ4v) is 1.91. The first-order chi connectivity index (χ1) is 7.55. The van der Waals surface area contributed by atoms with E-state index in [1.165, 1.54) is 0 Å². The minimum absolute atomic E-state index is 0.0519. The third-order valence-electron chi connectivity index (χ3n) is 2.79. The molecule has 0 aromatic rings. The molecule has 1 fully saturated rings. The van der Waals surface area contributed by atoms with E-state index >= 15 is 0 Å². The van der Waals surface area contributed by atoms with Gasteiger partial charge in [0.2, 0.25) is 5.91 Å². The minimum atomic E-state index is -0.722. The number of aliphatic hydroxyl groups is 1. The number of amides is 1. The van der Waals surface area contributed by atoms with Crippen LogP contribution >= 0.6 is 0 Å². The van der Waals surface area contributed by atoms with Gasteiger partial charge in [0.05, 0.1) is 18.8 Å². The number of likely N-dealkylation sites (tertiary alicyclic amines) is 1. The number of nitrogens with zero attached hydrogens (tertiary/aromatic N) is 1. The number of methoxy groups -OCH3 is 1. The highest BCUT2D eigenvalue weighted by molar-refractivity contribution is 5.78. The summed E-state index contributed by atoms with van der Waals surface area (Å²) >= 11 is 0. The number of rotatable bonds is 5. The van der Waals surface area contributed by atoms with Gasteiger partial charge in [0, 0.05) is 26.7 Å². The van der Waals surface area contributed by atoms with Crippen LogP contribution < -0.4 is 5.32 Å². The summed E-state index contributed by atoms with van der Waals surface area (Å²) in [6.45, 7) is 4.57. The highest BCUT2D eigenvalue weighted by atomic mass is 16.5. The first kappa shape index (κ1) is 13.4. The lowest BCUT2D eigenvalue weighted by molar-refractivity contribution is -0.136. The number of β-amino-alcohol motifs (C(OH)–C–C–N with tert-alkyl or cyclic N) is 1. The van der Waals surface area contributed by atoms with Gasteiger partial charge in [-0.3, -0.25) is 4.79 Å². The van der Waals surface area contributed by atoms with Crippen LogP contribution in [0.5, 0.6) is 0 Å². The molecule has 0 radical (unpaired) electrons. The van der Waals surface area contributed by atoms with Gasteiger partial charge in [0.25, 0.3) is 0 Å². The maximum atomic E-state index is 11.8. The zero-order valence-corrected chi connectivity index (χ0v) is 10.2. The lowest BCUT2D eigenvalue weighted by Crippen LogP contribution is -2.50. The maximum Gasteiger partial charge on any atom is 0.236 e. The van der Waals surface area contributed by atoms with Crippen LogP contribution in [0.4, 0.5) is 0 Å². The molecule has 1 atom stereocenters. The molecule has 1 heterocycles. The Kier molecular flexibility index (Phi) is 5.18. The van der Waals surface area contributed by atoms with Gasteiger partial charge in [-0.2, -0.15) is 0 Å². The van der Waals surface area contributed by atoms with Gasteiger partial charge in [-0.25, -0.2) is 0 Å². The van der Waals surface area contributed by atoms with Crippen LogP contribution in [0.25, 0.3) is 0 Å². The van der Waals surface area contributed by atoms with Gasteiger partial charge < -0.3 is 20.1 Å². The standard InChI is InChI=1S/C11H22N2O3/c1-11(15)4-3-6-13(9-11)10(14)8-12-5-7-16-2/h12,15H,3-9H2,1-2H3. The van der Waals surface area contributed by atoms with E-state index in [1.54, 1.807) is 18.9 Å². The number of carbonyl (C=O) groups excluding carboxylic acids is 1. The number of nitrogens with one attached hydrogen (secondary N) is 1. The Balaban J connectivity index is 2.25. The summed E-state index contributed by atoms with van der Waals surface area (Å²) in [4.78, 5) is 13.5. The van der Waals surface area contributed by atoms with Crippen molar-refractivity contribution in [2.24, 2.45) is 0 Å². The predicted molar refractivity (Wildman–Crippen MR) is 61.2 cm³/mol. The first-order valence-electron chi connectivity index (χ1n) is 5.75. The van der Waals surface area contributed by atoms with Gasteiger partial charge in [-0.05, 0) is 19.8 Å². The average molecular weight is 230 g/mol.